The number of hydrogen-bond acceptors (Lipinski definition) is 5. The fourth-order valence-electron chi connectivity index (χ4n) is 2.83. The summed E-state index contributed by atoms with van der Waals surface area (Å²) in [5.41, 5.74) is 2.37. The number of aryl methyl sites for hydroxylation is 1. The number of allylic oxidation sites excluding steroid dienone is 3. The molecule has 2 heterocycles. The van der Waals surface area contributed by atoms with Crippen molar-refractivity contribution in [1.82, 2.24) is 5.32 Å². The van der Waals surface area contributed by atoms with Crippen molar-refractivity contribution in [3.8, 4) is 0 Å². The number of furan rings is 1. The molecule has 0 saturated heterocycles. The van der Waals surface area contributed by atoms with Crippen LogP contribution >= 0.6 is 0 Å². The van der Waals surface area contributed by atoms with Gasteiger partial charge >= 0.3 is 5.97 Å². The lowest BCUT2D eigenvalue weighted by Crippen LogP contribution is -2.31. The van der Waals surface area contributed by atoms with Crippen molar-refractivity contribution >= 4 is 11.8 Å². The Hall–Kier alpha value is -2.30. The minimum absolute atomic E-state index is 0.0987. The van der Waals surface area contributed by atoms with Crippen molar-refractivity contribution in [2.45, 2.75) is 40.5 Å². The Labute approximate surface area is 130 Å². The normalized spacial score (nSPS) is 18.3. The van der Waals surface area contributed by atoms with Crippen LogP contribution in [0.15, 0.2) is 39.1 Å². The van der Waals surface area contributed by atoms with E-state index >= 15 is 0 Å². The summed E-state index contributed by atoms with van der Waals surface area (Å²) in [7, 11) is 0. The van der Waals surface area contributed by atoms with E-state index in [1.807, 2.05) is 19.9 Å². The number of esters is 1. The highest BCUT2D eigenvalue weighted by molar-refractivity contribution is 6.01. The van der Waals surface area contributed by atoms with Gasteiger partial charge in [0.1, 0.15) is 11.5 Å². The molecule has 0 saturated carbocycles. The Morgan fingerprint density at radius 3 is 2.32 bits per heavy atom. The lowest BCUT2D eigenvalue weighted by atomic mass is 9.82. The summed E-state index contributed by atoms with van der Waals surface area (Å²) in [6.07, 6.45) is 0. The molecule has 2 rings (SSSR count). The zero-order chi connectivity index (χ0) is 16.4. The van der Waals surface area contributed by atoms with E-state index in [-0.39, 0.29) is 12.4 Å². The Morgan fingerprint density at radius 2 is 1.82 bits per heavy atom. The van der Waals surface area contributed by atoms with Gasteiger partial charge in [-0.3, -0.25) is 4.79 Å². The van der Waals surface area contributed by atoms with E-state index in [4.69, 9.17) is 9.15 Å². The molecule has 5 heteroatoms. The molecule has 5 nitrogen and oxygen atoms in total. The maximum absolute atomic E-state index is 12.4. The van der Waals surface area contributed by atoms with E-state index < -0.39 is 11.9 Å². The standard InChI is InChI=1S/C17H21NO4/c1-6-21-17(20)15-11(4)18-10(3)14(12(5)19)16(15)13-8-7-9(2)22-13/h7-8,16,18H,6H2,1-5H3. The van der Waals surface area contributed by atoms with Gasteiger partial charge < -0.3 is 14.5 Å². The summed E-state index contributed by atoms with van der Waals surface area (Å²) < 4.78 is 10.9. The number of dihydropyridines is 1. The summed E-state index contributed by atoms with van der Waals surface area (Å²) in [6.45, 7) is 8.98. The lowest BCUT2D eigenvalue weighted by molar-refractivity contribution is -0.138. The summed E-state index contributed by atoms with van der Waals surface area (Å²) in [5, 5.41) is 3.10. The van der Waals surface area contributed by atoms with Crippen LogP contribution in [0, 0.1) is 6.92 Å². The highest BCUT2D eigenvalue weighted by atomic mass is 16.5. The van der Waals surface area contributed by atoms with Crippen molar-refractivity contribution in [2.75, 3.05) is 6.61 Å². The second-order valence-corrected chi connectivity index (χ2v) is 5.36. The third-order valence-corrected chi connectivity index (χ3v) is 3.68. The van der Waals surface area contributed by atoms with Gasteiger partial charge in [0.05, 0.1) is 18.1 Å². The minimum atomic E-state index is -0.536. The van der Waals surface area contributed by atoms with Gasteiger partial charge in [-0.1, -0.05) is 0 Å². The minimum Gasteiger partial charge on any atom is -0.465 e. The van der Waals surface area contributed by atoms with Gasteiger partial charge in [-0.15, -0.1) is 0 Å². The second kappa shape index (κ2) is 6.22. The number of carbonyl (C=O) groups excluding carboxylic acids is 2. The van der Waals surface area contributed by atoms with Crippen molar-refractivity contribution < 1.29 is 18.7 Å². The molecule has 22 heavy (non-hydrogen) atoms. The molecule has 1 aliphatic rings. The summed E-state index contributed by atoms with van der Waals surface area (Å²) >= 11 is 0. The fraction of sp³-hybridized carbons (Fsp3) is 0.412. The zero-order valence-electron chi connectivity index (χ0n) is 13.6. The van der Waals surface area contributed by atoms with Gasteiger partial charge in [0.25, 0.3) is 0 Å². The van der Waals surface area contributed by atoms with Crippen molar-refractivity contribution in [1.29, 1.82) is 0 Å². The molecule has 1 aliphatic heterocycles. The quantitative estimate of drug-likeness (QED) is 0.866. The average molecular weight is 303 g/mol. The maximum Gasteiger partial charge on any atom is 0.336 e. The summed E-state index contributed by atoms with van der Waals surface area (Å²) in [4.78, 5) is 24.5. The van der Waals surface area contributed by atoms with Crippen LogP contribution in [0.4, 0.5) is 0 Å². The molecule has 1 N–H and O–H groups in total. The fourth-order valence-corrected chi connectivity index (χ4v) is 2.83. The molecular formula is C17H21NO4. The van der Waals surface area contributed by atoms with Crippen LogP contribution in [0.1, 0.15) is 45.1 Å². The molecule has 0 aromatic carbocycles. The topological polar surface area (TPSA) is 68.5 Å². The highest BCUT2D eigenvalue weighted by Gasteiger charge is 2.37. The molecule has 1 aromatic heterocycles. The predicted octanol–water partition coefficient (Wildman–Crippen LogP) is 2.97. The SMILES string of the molecule is CCOC(=O)C1=C(C)NC(C)=C(C(C)=O)C1c1ccc(C)o1. The first kappa shape index (κ1) is 16.1. The number of hydrogen-bond donors (Lipinski definition) is 1. The Morgan fingerprint density at radius 1 is 1.18 bits per heavy atom. The van der Waals surface area contributed by atoms with Crippen molar-refractivity contribution in [3.63, 3.8) is 0 Å². The first-order chi connectivity index (χ1) is 10.4. The van der Waals surface area contributed by atoms with Crippen LogP contribution in [0.3, 0.4) is 0 Å². The van der Waals surface area contributed by atoms with Gasteiger partial charge in [-0.05, 0) is 46.8 Å². The van der Waals surface area contributed by atoms with Crippen LogP contribution in [0.5, 0.6) is 0 Å². The number of ketones is 1. The molecule has 1 unspecified atom stereocenters. The lowest BCUT2D eigenvalue weighted by Gasteiger charge is -2.28. The van der Waals surface area contributed by atoms with Gasteiger partial charge in [0.2, 0.25) is 0 Å². The van der Waals surface area contributed by atoms with Gasteiger partial charge in [0, 0.05) is 17.0 Å². The Balaban J connectivity index is 2.61. The molecule has 1 aromatic rings. The molecule has 118 valence electrons. The third-order valence-electron chi connectivity index (χ3n) is 3.68. The van der Waals surface area contributed by atoms with Gasteiger partial charge in [-0.25, -0.2) is 4.79 Å². The van der Waals surface area contributed by atoms with E-state index in [0.29, 0.717) is 22.6 Å². The van der Waals surface area contributed by atoms with Crippen molar-refractivity contribution in [2.24, 2.45) is 0 Å². The largest absolute Gasteiger partial charge is 0.465 e. The number of carbonyl (C=O) groups is 2. The average Bonchev–Trinajstić information content (AvgIpc) is 2.83. The molecule has 0 radical (unpaired) electrons. The first-order valence-corrected chi connectivity index (χ1v) is 7.29. The Bertz CT molecular complexity index is 679. The molecule has 1 atom stereocenters. The van der Waals surface area contributed by atoms with E-state index in [2.05, 4.69) is 5.32 Å². The smallest absolute Gasteiger partial charge is 0.336 e. The van der Waals surface area contributed by atoms with Crippen LogP contribution in [-0.4, -0.2) is 18.4 Å². The predicted molar refractivity (Wildman–Crippen MR) is 82.0 cm³/mol. The van der Waals surface area contributed by atoms with Crippen LogP contribution in [0.25, 0.3) is 0 Å². The molecule has 0 aliphatic carbocycles. The molecule has 0 bridgehead atoms. The summed E-state index contributed by atoms with van der Waals surface area (Å²) in [5.74, 6) is 0.239. The van der Waals surface area contributed by atoms with E-state index in [1.54, 1.807) is 19.9 Å². The zero-order valence-corrected chi connectivity index (χ0v) is 13.6. The second-order valence-electron chi connectivity index (χ2n) is 5.36. The summed E-state index contributed by atoms with van der Waals surface area (Å²) in [6, 6.07) is 3.62. The van der Waals surface area contributed by atoms with Crippen LogP contribution in [-0.2, 0) is 14.3 Å². The monoisotopic (exact) mass is 303 g/mol. The van der Waals surface area contributed by atoms with Gasteiger partial charge in [-0.2, -0.15) is 0 Å². The van der Waals surface area contributed by atoms with E-state index in [0.717, 1.165) is 11.5 Å². The van der Waals surface area contributed by atoms with E-state index in [9.17, 15) is 9.59 Å². The molecule has 0 fully saturated rings. The molecule has 0 amide bonds. The van der Waals surface area contributed by atoms with Crippen LogP contribution in [0.2, 0.25) is 0 Å². The number of nitrogens with one attached hydrogen (secondary N) is 1. The van der Waals surface area contributed by atoms with Crippen molar-refractivity contribution in [3.05, 3.63) is 46.2 Å². The molecular weight excluding hydrogens is 282 g/mol. The Kier molecular flexibility index (Phi) is 4.54. The third kappa shape index (κ3) is 2.84. The number of rotatable bonds is 4. The molecule has 0 spiro atoms. The highest BCUT2D eigenvalue weighted by Crippen LogP contribution is 2.39. The van der Waals surface area contributed by atoms with Crippen LogP contribution < -0.4 is 5.32 Å². The number of ether oxygens (including phenoxy) is 1. The van der Waals surface area contributed by atoms with Gasteiger partial charge in [0.15, 0.2) is 5.78 Å². The first-order valence-electron chi connectivity index (χ1n) is 7.29. The number of Topliss-reactive ketones (excluding diaryl/α,β-unsaturated/α-hetero) is 1. The maximum atomic E-state index is 12.4. The van der Waals surface area contributed by atoms with E-state index in [1.165, 1.54) is 6.92 Å².